The Balaban J connectivity index is 1.81. The lowest BCUT2D eigenvalue weighted by molar-refractivity contribution is -0.542. The van der Waals surface area contributed by atoms with Crippen LogP contribution in [-0.4, -0.2) is 55.4 Å². The zero-order valence-electron chi connectivity index (χ0n) is 16.5. The van der Waals surface area contributed by atoms with Crippen molar-refractivity contribution in [2.24, 2.45) is 0 Å². The van der Waals surface area contributed by atoms with Crippen LogP contribution in [0.4, 0.5) is 5.82 Å². The van der Waals surface area contributed by atoms with E-state index in [0.29, 0.717) is 48.2 Å². The molecule has 5 heterocycles. The van der Waals surface area contributed by atoms with Crippen molar-refractivity contribution in [3.8, 4) is 17.1 Å². The number of aliphatic hydroxyl groups is 1. The quantitative estimate of drug-likeness (QED) is 0.695. The lowest BCUT2D eigenvalue weighted by Crippen LogP contribution is -2.70. The first kappa shape index (κ1) is 18.7. The van der Waals surface area contributed by atoms with Gasteiger partial charge in [0.25, 0.3) is 5.82 Å². The summed E-state index contributed by atoms with van der Waals surface area (Å²) in [5.41, 5.74) is 1.70. The molecule has 9 nitrogen and oxygen atoms in total. The molecule has 0 aromatic carbocycles. The first-order valence-electron chi connectivity index (χ1n) is 9.57. The molecular formula is C19H23N4O5S+. The highest BCUT2D eigenvalue weighted by Crippen LogP contribution is 2.48. The average Bonchev–Trinajstić information content (AvgIpc) is 2.72. The molecule has 5 rings (SSSR count). The van der Waals surface area contributed by atoms with Crippen molar-refractivity contribution in [3.63, 3.8) is 0 Å². The first-order valence-corrected chi connectivity index (χ1v) is 11.0. The third-order valence-corrected chi connectivity index (χ3v) is 8.24. The van der Waals surface area contributed by atoms with Crippen LogP contribution in [0.2, 0.25) is 0 Å². The highest BCUT2D eigenvalue weighted by Gasteiger charge is 2.63. The van der Waals surface area contributed by atoms with Crippen molar-refractivity contribution in [3.05, 3.63) is 29.7 Å². The molecule has 29 heavy (non-hydrogen) atoms. The SMILES string of the molecule is C[C@@H]1COC[C@H]2COc3c(nc(-c4cncc(CO)c4)[n+]4c3C(C)(C)S4(=O)=O)N21. The average molecular weight is 419 g/mol. The highest BCUT2D eigenvalue weighted by atomic mass is 32.2. The molecule has 0 amide bonds. The summed E-state index contributed by atoms with van der Waals surface area (Å²) in [6.45, 7) is 6.76. The van der Waals surface area contributed by atoms with Gasteiger partial charge in [0, 0.05) is 12.4 Å². The van der Waals surface area contributed by atoms with Crippen LogP contribution < -0.4 is 13.6 Å². The number of morpholine rings is 1. The van der Waals surface area contributed by atoms with Gasteiger partial charge < -0.3 is 19.5 Å². The van der Waals surface area contributed by atoms with Crippen LogP contribution in [0.15, 0.2) is 18.5 Å². The third-order valence-electron chi connectivity index (χ3n) is 5.92. The summed E-state index contributed by atoms with van der Waals surface area (Å²) in [5.74, 6) is 1.43. The van der Waals surface area contributed by atoms with Crippen LogP contribution in [0.5, 0.6) is 5.75 Å². The summed E-state index contributed by atoms with van der Waals surface area (Å²) in [6, 6.07) is 1.82. The Kier molecular flexibility index (Phi) is 3.94. The molecule has 0 aliphatic carbocycles. The second kappa shape index (κ2) is 6.10. The number of anilines is 1. The Morgan fingerprint density at radius 2 is 2.10 bits per heavy atom. The van der Waals surface area contributed by atoms with Gasteiger partial charge in [0.05, 0.1) is 37.5 Å². The monoisotopic (exact) mass is 419 g/mol. The van der Waals surface area contributed by atoms with Gasteiger partial charge in [-0.05, 0) is 37.4 Å². The van der Waals surface area contributed by atoms with Crippen molar-refractivity contribution < 1.29 is 27.0 Å². The van der Waals surface area contributed by atoms with Gasteiger partial charge in [-0.2, -0.15) is 8.42 Å². The van der Waals surface area contributed by atoms with Gasteiger partial charge in [-0.3, -0.25) is 4.98 Å². The van der Waals surface area contributed by atoms with Crippen LogP contribution >= 0.6 is 0 Å². The van der Waals surface area contributed by atoms with E-state index in [1.165, 1.54) is 3.97 Å². The molecule has 2 atom stereocenters. The van der Waals surface area contributed by atoms with E-state index < -0.39 is 14.8 Å². The summed E-state index contributed by atoms with van der Waals surface area (Å²) in [5, 5.41) is 9.49. The predicted molar refractivity (Wildman–Crippen MR) is 103 cm³/mol. The molecule has 0 radical (unpaired) electrons. The van der Waals surface area contributed by atoms with E-state index >= 15 is 0 Å². The van der Waals surface area contributed by atoms with E-state index in [9.17, 15) is 13.5 Å². The minimum Gasteiger partial charge on any atom is -0.482 e. The Morgan fingerprint density at radius 3 is 2.86 bits per heavy atom. The molecule has 0 saturated carbocycles. The molecule has 2 aromatic rings. The molecule has 3 aliphatic rings. The first-order chi connectivity index (χ1) is 13.8. The topological polar surface area (TPSA) is 106 Å². The Bertz CT molecular complexity index is 1120. The fraction of sp³-hybridized carbons (Fsp3) is 0.526. The lowest BCUT2D eigenvalue weighted by atomic mass is 10.0. The number of hydrogen-bond donors (Lipinski definition) is 1. The van der Waals surface area contributed by atoms with E-state index in [0.717, 1.165) is 0 Å². The number of ether oxygens (including phenoxy) is 2. The zero-order chi connectivity index (χ0) is 20.6. The molecule has 10 heteroatoms. The largest absolute Gasteiger partial charge is 0.482 e. The van der Waals surface area contributed by atoms with Gasteiger partial charge in [-0.15, -0.1) is 3.97 Å². The summed E-state index contributed by atoms with van der Waals surface area (Å²) < 4.78 is 38.1. The van der Waals surface area contributed by atoms with E-state index in [2.05, 4.69) is 16.8 Å². The van der Waals surface area contributed by atoms with Crippen LogP contribution in [0.3, 0.4) is 0 Å². The summed E-state index contributed by atoms with van der Waals surface area (Å²) in [7, 11) is -3.65. The smallest absolute Gasteiger partial charge is 0.350 e. The third kappa shape index (κ3) is 2.39. The van der Waals surface area contributed by atoms with Gasteiger partial charge in [0.15, 0.2) is 10.4 Å². The van der Waals surface area contributed by atoms with Crippen molar-refractivity contribution in [2.45, 2.75) is 44.2 Å². The second-order valence-corrected chi connectivity index (χ2v) is 10.6. The molecule has 1 fully saturated rings. The van der Waals surface area contributed by atoms with Crippen molar-refractivity contribution in [1.29, 1.82) is 0 Å². The fourth-order valence-electron chi connectivity index (χ4n) is 4.33. The second-order valence-electron chi connectivity index (χ2n) is 8.22. The predicted octanol–water partition coefficient (Wildman–Crippen LogP) is 0.336. The van der Waals surface area contributed by atoms with E-state index in [1.54, 1.807) is 32.3 Å². The van der Waals surface area contributed by atoms with Crippen LogP contribution in [0.25, 0.3) is 11.4 Å². The summed E-state index contributed by atoms with van der Waals surface area (Å²) in [6.07, 6.45) is 3.10. The molecule has 3 aliphatic heterocycles. The molecule has 154 valence electrons. The zero-order valence-corrected chi connectivity index (χ0v) is 17.3. The van der Waals surface area contributed by atoms with Gasteiger partial charge in [0.2, 0.25) is 5.75 Å². The molecular weight excluding hydrogens is 396 g/mol. The summed E-state index contributed by atoms with van der Waals surface area (Å²) >= 11 is 0. The van der Waals surface area contributed by atoms with Gasteiger partial charge in [0.1, 0.15) is 6.61 Å². The van der Waals surface area contributed by atoms with Crippen LogP contribution in [0, 0.1) is 0 Å². The molecule has 2 aromatic heterocycles. The molecule has 0 unspecified atom stereocenters. The molecule has 1 N–H and O–H groups in total. The van der Waals surface area contributed by atoms with Gasteiger partial charge >= 0.3 is 15.8 Å². The molecule has 0 spiro atoms. The maximum atomic E-state index is 13.1. The summed E-state index contributed by atoms with van der Waals surface area (Å²) in [4.78, 5) is 11.1. The lowest BCUT2D eigenvalue weighted by Gasteiger charge is -2.44. The minimum absolute atomic E-state index is 0.0244. The van der Waals surface area contributed by atoms with Crippen LogP contribution in [-0.2, 0) is 26.1 Å². The maximum absolute atomic E-state index is 13.1. The van der Waals surface area contributed by atoms with E-state index in [4.69, 9.17) is 14.5 Å². The van der Waals surface area contributed by atoms with Crippen molar-refractivity contribution in [1.82, 2.24) is 9.97 Å². The minimum atomic E-state index is -3.65. The number of aliphatic hydroxyl groups excluding tert-OH is 1. The van der Waals surface area contributed by atoms with Crippen molar-refractivity contribution >= 4 is 15.8 Å². The Labute approximate surface area is 169 Å². The standard InChI is InChI=1S/C19H23N4O5S/c1-11-8-27-9-14-10-28-15-16-19(2,3)29(25,26)23(16)17(21-18(15)22(11)14)13-4-12(7-24)5-20-6-13/h4-6,11,14,24H,7-10H2,1-3H3/q+1/t11-,14+/m1/s1. The highest BCUT2D eigenvalue weighted by molar-refractivity contribution is 7.87. The van der Waals surface area contributed by atoms with Crippen LogP contribution in [0.1, 0.15) is 32.0 Å². The number of aromatic nitrogens is 3. The molecule has 1 saturated heterocycles. The number of rotatable bonds is 2. The normalized spacial score (nSPS) is 25.9. The van der Waals surface area contributed by atoms with E-state index in [1.807, 2.05) is 0 Å². The van der Waals surface area contributed by atoms with E-state index in [-0.39, 0.29) is 24.5 Å². The van der Waals surface area contributed by atoms with Gasteiger partial charge in [-0.1, -0.05) is 0 Å². The van der Waals surface area contributed by atoms with Gasteiger partial charge in [-0.25, -0.2) is 0 Å². The Hall–Kier alpha value is -2.30. The maximum Gasteiger partial charge on any atom is 0.350 e. The van der Waals surface area contributed by atoms with Crippen molar-refractivity contribution in [2.75, 3.05) is 24.7 Å². The number of nitrogens with zero attached hydrogens (tertiary/aromatic N) is 4. The fourth-order valence-corrected chi connectivity index (χ4v) is 6.01. The number of hydrogen-bond acceptors (Lipinski definition) is 8. The Morgan fingerprint density at radius 1 is 1.31 bits per heavy atom. The number of pyridine rings is 1. The number of fused-ring (bicyclic) bond motifs is 5. The molecule has 0 bridgehead atoms.